The second-order valence-electron chi connectivity index (χ2n) is 6.47. The Hall–Kier alpha value is -3.31. The molecule has 0 saturated carbocycles. The monoisotopic (exact) mass is 391 g/mol. The van der Waals surface area contributed by atoms with Crippen LogP contribution in [-0.2, 0) is 0 Å². The number of ether oxygens (including phenoxy) is 1. The number of nitrogens with one attached hydrogen (secondary N) is 2. The second kappa shape index (κ2) is 7.37. The fourth-order valence-electron chi connectivity index (χ4n) is 2.96. The average Bonchev–Trinajstić information content (AvgIpc) is 3.11. The van der Waals surface area contributed by atoms with Crippen molar-refractivity contribution < 1.29 is 9.53 Å². The molecule has 5 nitrogen and oxygen atoms in total. The van der Waals surface area contributed by atoms with E-state index in [2.05, 4.69) is 15.3 Å². The van der Waals surface area contributed by atoms with E-state index < -0.39 is 0 Å². The first-order valence-electron chi connectivity index (χ1n) is 8.75. The maximum atomic E-state index is 12.4. The predicted octanol–water partition coefficient (Wildman–Crippen LogP) is 5.45. The lowest BCUT2D eigenvalue weighted by molar-refractivity contribution is 0.102. The molecule has 0 atom stereocenters. The highest BCUT2D eigenvalue weighted by molar-refractivity contribution is 6.32. The number of anilines is 1. The van der Waals surface area contributed by atoms with Crippen LogP contribution in [0.25, 0.3) is 22.4 Å². The Kier molecular flexibility index (Phi) is 4.75. The first-order valence-corrected chi connectivity index (χ1v) is 9.13. The molecule has 0 fully saturated rings. The van der Waals surface area contributed by atoms with E-state index in [1.54, 1.807) is 31.4 Å². The Balaban J connectivity index is 1.54. The van der Waals surface area contributed by atoms with Crippen LogP contribution in [0.15, 0.2) is 60.7 Å². The zero-order chi connectivity index (χ0) is 19.7. The largest absolute Gasteiger partial charge is 0.497 e. The summed E-state index contributed by atoms with van der Waals surface area (Å²) in [6.45, 7) is 1.96. The van der Waals surface area contributed by atoms with Crippen molar-refractivity contribution in [2.75, 3.05) is 12.4 Å². The second-order valence-corrected chi connectivity index (χ2v) is 6.87. The van der Waals surface area contributed by atoms with Gasteiger partial charge in [-0.05, 0) is 67.1 Å². The number of hydrogen-bond donors (Lipinski definition) is 2. The van der Waals surface area contributed by atoms with Crippen molar-refractivity contribution >= 4 is 34.2 Å². The summed E-state index contributed by atoms with van der Waals surface area (Å²) in [6.07, 6.45) is 0. The van der Waals surface area contributed by atoms with Gasteiger partial charge in [-0.3, -0.25) is 4.79 Å². The van der Waals surface area contributed by atoms with Crippen molar-refractivity contribution in [3.63, 3.8) is 0 Å². The summed E-state index contributed by atoms with van der Waals surface area (Å²) in [5.41, 5.74) is 4.91. The molecule has 4 rings (SSSR count). The van der Waals surface area contributed by atoms with Gasteiger partial charge < -0.3 is 15.0 Å². The van der Waals surface area contributed by atoms with E-state index >= 15 is 0 Å². The van der Waals surface area contributed by atoms with Crippen LogP contribution in [-0.4, -0.2) is 23.0 Å². The Labute approximate surface area is 167 Å². The van der Waals surface area contributed by atoms with Crippen LogP contribution in [0.5, 0.6) is 5.75 Å². The van der Waals surface area contributed by atoms with E-state index in [1.807, 2.05) is 43.3 Å². The quantitative estimate of drug-likeness (QED) is 0.486. The zero-order valence-corrected chi connectivity index (χ0v) is 16.2. The van der Waals surface area contributed by atoms with E-state index in [1.165, 1.54) is 0 Å². The highest BCUT2D eigenvalue weighted by Gasteiger charge is 2.10. The van der Waals surface area contributed by atoms with Gasteiger partial charge in [-0.15, -0.1) is 0 Å². The number of benzene rings is 3. The molecule has 6 heteroatoms. The Morgan fingerprint density at radius 3 is 2.64 bits per heavy atom. The summed E-state index contributed by atoms with van der Waals surface area (Å²) >= 11 is 6.18. The molecule has 140 valence electrons. The number of hydrogen-bond acceptors (Lipinski definition) is 3. The normalized spacial score (nSPS) is 10.8. The Morgan fingerprint density at radius 2 is 1.89 bits per heavy atom. The van der Waals surface area contributed by atoms with Gasteiger partial charge in [0.2, 0.25) is 0 Å². The van der Waals surface area contributed by atoms with E-state index in [0.29, 0.717) is 22.0 Å². The lowest BCUT2D eigenvalue weighted by atomic mass is 10.1. The molecule has 2 N–H and O–H groups in total. The molecule has 0 aliphatic rings. The third-order valence-electron chi connectivity index (χ3n) is 4.51. The number of imidazole rings is 1. The number of fused-ring (bicyclic) bond motifs is 1. The standard InChI is InChI=1S/C22H18ClN3O2/c1-13-10-19-20(12-18(13)23)26-21(25-19)14-6-8-16(9-7-14)24-22(27)15-4-3-5-17(11-15)28-2/h3-12H,1-2H3,(H,24,27)(H,25,26). The van der Waals surface area contributed by atoms with Crippen LogP contribution in [0.4, 0.5) is 5.69 Å². The molecule has 28 heavy (non-hydrogen) atoms. The SMILES string of the molecule is COc1cccc(C(=O)Nc2ccc(-c3nc4cc(Cl)c(C)cc4[nH]3)cc2)c1. The van der Waals surface area contributed by atoms with Crippen LogP contribution < -0.4 is 10.1 Å². The van der Waals surface area contributed by atoms with Crippen LogP contribution >= 0.6 is 11.6 Å². The van der Waals surface area contributed by atoms with E-state index in [-0.39, 0.29) is 5.91 Å². The fraction of sp³-hybridized carbons (Fsp3) is 0.0909. The number of aromatic nitrogens is 2. The molecule has 1 aromatic heterocycles. The fourth-order valence-corrected chi connectivity index (χ4v) is 3.11. The first-order chi connectivity index (χ1) is 13.5. The Morgan fingerprint density at radius 1 is 1.11 bits per heavy atom. The van der Waals surface area contributed by atoms with Gasteiger partial charge in [0, 0.05) is 21.8 Å². The molecule has 0 aliphatic carbocycles. The van der Waals surface area contributed by atoms with Crippen molar-refractivity contribution in [3.05, 3.63) is 76.8 Å². The van der Waals surface area contributed by atoms with Crippen molar-refractivity contribution in [1.29, 1.82) is 0 Å². The molecular formula is C22H18ClN3O2. The Bertz CT molecular complexity index is 1130. The van der Waals surface area contributed by atoms with E-state index in [0.717, 1.165) is 28.0 Å². The molecule has 3 aromatic carbocycles. The maximum Gasteiger partial charge on any atom is 0.255 e. The average molecular weight is 392 g/mol. The van der Waals surface area contributed by atoms with Gasteiger partial charge in [-0.1, -0.05) is 17.7 Å². The molecule has 0 saturated heterocycles. The number of rotatable bonds is 4. The van der Waals surface area contributed by atoms with Gasteiger partial charge in [-0.2, -0.15) is 0 Å². The summed E-state index contributed by atoms with van der Waals surface area (Å²) in [5, 5.41) is 3.58. The maximum absolute atomic E-state index is 12.4. The molecule has 1 amide bonds. The number of aromatic amines is 1. The van der Waals surface area contributed by atoms with Gasteiger partial charge in [0.15, 0.2) is 0 Å². The van der Waals surface area contributed by atoms with Gasteiger partial charge in [0.05, 0.1) is 18.1 Å². The van der Waals surface area contributed by atoms with Gasteiger partial charge in [0.25, 0.3) is 5.91 Å². The van der Waals surface area contributed by atoms with Crippen LogP contribution in [0, 0.1) is 6.92 Å². The van der Waals surface area contributed by atoms with Crippen LogP contribution in [0.2, 0.25) is 5.02 Å². The molecule has 0 spiro atoms. The van der Waals surface area contributed by atoms with E-state index in [9.17, 15) is 4.79 Å². The molecule has 0 bridgehead atoms. The van der Waals surface area contributed by atoms with E-state index in [4.69, 9.17) is 16.3 Å². The highest BCUT2D eigenvalue weighted by Crippen LogP contribution is 2.26. The number of amides is 1. The van der Waals surface area contributed by atoms with Crippen molar-refractivity contribution in [3.8, 4) is 17.1 Å². The third kappa shape index (κ3) is 3.57. The number of halogens is 1. The summed E-state index contributed by atoms with van der Waals surface area (Å²) < 4.78 is 5.16. The summed E-state index contributed by atoms with van der Waals surface area (Å²) in [7, 11) is 1.57. The minimum absolute atomic E-state index is 0.194. The smallest absolute Gasteiger partial charge is 0.255 e. The minimum atomic E-state index is -0.194. The number of aryl methyl sites for hydroxylation is 1. The summed E-state index contributed by atoms with van der Waals surface area (Å²) in [5.74, 6) is 1.20. The van der Waals surface area contributed by atoms with Gasteiger partial charge >= 0.3 is 0 Å². The predicted molar refractivity (Wildman–Crippen MR) is 112 cm³/mol. The van der Waals surface area contributed by atoms with Crippen molar-refractivity contribution in [2.24, 2.45) is 0 Å². The molecule has 0 radical (unpaired) electrons. The highest BCUT2D eigenvalue weighted by atomic mass is 35.5. The number of nitrogens with zero attached hydrogens (tertiary/aromatic N) is 1. The topological polar surface area (TPSA) is 67.0 Å². The lowest BCUT2D eigenvalue weighted by Gasteiger charge is -2.07. The molecule has 4 aromatic rings. The molecule has 0 aliphatic heterocycles. The van der Waals surface area contributed by atoms with Crippen LogP contribution in [0.3, 0.4) is 0 Å². The first kappa shape index (κ1) is 18.1. The lowest BCUT2D eigenvalue weighted by Crippen LogP contribution is -2.11. The molecule has 0 unspecified atom stereocenters. The number of H-pyrrole nitrogens is 1. The number of carbonyl (C=O) groups excluding carboxylic acids is 1. The van der Waals surface area contributed by atoms with Crippen molar-refractivity contribution in [1.82, 2.24) is 9.97 Å². The molecular weight excluding hydrogens is 374 g/mol. The third-order valence-corrected chi connectivity index (χ3v) is 4.92. The molecule has 1 heterocycles. The van der Waals surface area contributed by atoms with Gasteiger partial charge in [0.1, 0.15) is 11.6 Å². The van der Waals surface area contributed by atoms with Crippen LogP contribution in [0.1, 0.15) is 15.9 Å². The summed E-state index contributed by atoms with van der Waals surface area (Å²) in [4.78, 5) is 20.3. The number of methoxy groups -OCH3 is 1. The minimum Gasteiger partial charge on any atom is -0.497 e. The zero-order valence-electron chi connectivity index (χ0n) is 15.4. The van der Waals surface area contributed by atoms with Crippen molar-refractivity contribution in [2.45, 2.75) is 6.92 Å². The number of carbonyl (C=O) groups is 1. The van der Waals surface area contributed by atoms with Gasteiger partial charge in [-0.25, -0.2) is 4.98 Å². The summed E-state index contributed by atoms with van der Waals surface area (Å²) in [6, 6.07) is 18.4.